The maximum atomic E-state index is 13.1. The molecule has 198 valence electrons. The van der Waals surface area contributed by atoms with Gasteiger partial charge in [-0.05, 0) is 69.6 Å². The van der Waals surface area contributed by atoms with E-state index in [2.05, 4.69) is 37.3 Å². The van der Waals surface area contributed by atoms with E-state index in [1.165, 1.54) is 53.8 Å². The van der Waals surface area contributed by atoms with Gasteiger partial charge >= 0.3 is 11.9 Å². The standard InChI is InChI=1S/C36H30O4/c1-2-3-4-5-6-8-12-22-17-18-23-13-11-16-25-30(23)31(22)26-19-20-27-32-28(36(38)40-35(27)37)21-29(33(25)34(26)32)39-24-14-9-7-10-15-24/h7,9-11,13-21H,2-6,8,12H2,1H3. The van der Waals surface area contributed by atoms with Crippen LogP contribution in [0.4, 0.5) is 0 Å². The van der Waals surface area contributed by atoms with Crippen LogP contribution in [0.5, 0.6) is 11.5 Å². The van der Waals surface area contributed by atoms with Crippen molar-refractivity contribution in [1.82, 2.24) is 0 Å². The number of benzene rings is 6. The molecule has 1 aliphatic heterocycles. The fourth-order valence-corrected chi connectivity index (χ4v) is 6.48. The summed E-state index contributed by atoms with van der Waals surface area (Å²) in [5, 5.41) is 8.13. The van der Waals surface area contributed by atoms with Gasteiger partial charge in [0.1, 0.15) is 11.5 Å². The number of hydrogen-bond donors (Lipinski definition) is 0. The molecule has 0 aliphatic carbocycles. The first-order valence-corrected chi connectivity index (χ1v) is 14.3. The van der Waals surface area contributed by atoms with Crippen LogP contribution in [0.2, 0.25) is 0 Å². The maximum absolute atomic E-state index is 13.1. The molecule has 6 aromatic rings. The maximum Gasteiger partial charge on any atom is 0.346 e. The monoisotopic (exact) mass is 526 g/mol. The molecule has 0 saturated carbocycles. The van der Waals surface area contributed by atoms with Crippen molar-refractivity contribution < 1.29 is 19.1 Å². The van der Waals surface area contributed by atoms with E-state index in [1.807, 2.05) is 42.5 Å². The summed E-state index contributed by atoms with van der Waals surface area (Å²) >= 11 is 0. The summed E-state index contributed by atoms with van der Waals surface area (Å²) in [5.41, 5.74) is 2.09. The van der Waals surface area contributed by atoms with Gasteiger partial charge in [0, 0.05) is 16.2 Å². The summed E-state index contributed by atoms with van der Waals surface area (Å²) < 4.78 is 11.6. The topological polar surface area (TPSA) is 52.6 Å². The second-order valence-electron chi connectivity index (χ2n) is 10.8. The Morgan fingerprint density at radius 1 is 0.625 bits per heavy atom. The Morgan fingerprint density at radius 2 is 1.40 bits per heavy atom. The summed E-state index contributed by atoms with van der Waals surface area (Å²) in [6.07, 6.45) is 8.42. The van der Waals surface area contributed by atoms with Gasteiger partial charge < -0.3 is 9.47 Å². The molecule has 0 radical (unpaired) electrons. The molecular weight excluding hydrogens is 496 g/mol. The quantitative estimate of drug-likeness (QED) is 0.0618. The lowest BCUT2D eigenvalue weighted by Crippen LogP contribution is -2.20. The fraction of sp³-hybridized carbons (Fsp3) is 0.222. The highest BCUT2D eigenvalue weighted by Gasteiger charge is 2.32. The van der Waals surface area contributed by atoms with Gasteiger partial charge in [-0.15, -0.1) is 0 Å². The van der Waals surface area contributed by atoms with Gasteiger partial charge in [0.15, 0.2) is 0 Å². The van der Waals surface area contributed by atoms with E-state index in [-0.39, 0.29) is 0 Å². The first-order valence-electron chi connectivity index (χ1n) is 14.3. The van der Waals surface area contributed by atoms with Crippen molar-refractivity contribution in [3.63, 3.8) is 0 Å². The molecule has 0 unspecified atom stereocenters. The van der Waals surface area contributed by atoms with E-state index in [0.29, 0.717) is 28.0 Å². The van der Waals surface area contributed by atoms with E-state index < -0.39 is 11.9 Å². The number of rotatable bonds is 9. The molecule has 0 aromatic heterocycles. The number of cyclic esters (lactones) is 2. The third-order valence-electron chi connectivity index (χ3n) is 8.31. The highest BCUT2D eigenvalue weighted by atomic mass is 16.6. The number of para-hydroxylation sites is 1. The molecule has 40 heavy (non-hydrogen) atoms. The fourth-order valence-electron chi connectivity index (χ4n) is 6.48. The predicted octanol–water partition coefficient (Wildman–Crippen LogP) is 9.74. The predicted molar refractivity (Wildman–Crippen MR) is 161 cm³/mol. The Morgan fingerprint density at radius 3 is 2.25 bits per heavy atom. The van der Waals surface area contributed by atoms with Crippen LogP contribution in [-0.4, -0.2) is 11.9 Å². The molecule has 7 rings (SSSR count). The molecule has 0 fully saturated rings. The Hall–Kier alpha value is -4.44. The van der Waals surface area contributed by atoms with Gasteiger partial charge in [-0.2, -0.15) is 0 Å². The number of esters is 2. The molecule has 4 heteroatoms. The molecule has 0 atom stereocenters. The molecule has 0 N–H and O–H groups in total. The number of ether oxygens (including phenoxy) is 2. The molecule has 1 aliphatic rings. The summed E-state index contributed by atoms with van der Waals surface area (Å²) in [7, 11) is 0. The molecule has 0 spiro atoms. The summed E-state index contributed by atoms with van der Waals surface area (Å²) in [5.74, 6) is 0.0236. The Labute approximate surface area is 232 Å². The third kappa shape index (κ3) is 3.90. The number of carbonyl (C=O) groups excluding carboxylic acids is 2. The van der Waals surface area contributed by atoms with E-state index in [4.69, 9.17) is 9.47 Å². The number of carbonyl (C=O) groups is 2. The second-order valence-corrected chi connectivity index (χ2v) is 10.8. The lowest BCUT2D eigenvalue weighted by molar-refractivity contribution is 0.0391. The summed E-state index contributed by atoms with van der Waals surface area (Å²) in [6.45, 7) is 2.25. The highest BCUT2D eigenvalue weighted by Crippen LogP contribution is 2.49. The normalized spacial score (nSPS) is 13.1. The number of hydrogen-bond acceptors (Lipinski definition) is 4. The van der Waals surface area contributed by atoms with Crippen LogP contribution < -0.4 is 4.74 Å². The van der Waals surface area contributed by atoms with Gasteiger partial charge in [-0.25, -0.2) is 9.59 Å². The Kier molecular flexibility index (Phi) is 6.11. The molecule has 0 amide bonds. The minimum absolute atomic E-state index is 0.366. The zero-order valence-corrected chi connectivity index (χ0v) is 22.6. The van der Waals surface area contributed by atoms with E-state index >= 15 is 0 Å². The molecule has 1 heterocycles. The molecule has 6 aromatic carbocycles. The number of unbranched alkanes of at least 4 members (excludes halogenated alkanes) is 5. The zero-order chi connectivity index (χ0) is 27.2. The minimum Gasteiger partial charge on any atom is -0.457 e. The SMILES string of the molecule is CCCCCCCCc1ccc2cccc3c4c(Oc5ccccc5)cc5c6c(ccc(c1c23)c64)C(=O)OC5=O. The third-order valence-corrected chi connectivity index (χ3v) is 8.31. The minimum atomic E-state index is -0.636. The lowest BCUT2D eigenvalue weighted by atomic mass is 9.83. The van der Waals surface area contributed by atoms with Crippen LogP contribution in [0.25, 0.3) is 43.1 Å². The van der Waals surface area contributed by atoms with Gasteiger partial charge in [0.25, 0.3) is 0 Å². The molecule has 0 saturated heterocycles. The Bertz CT molecular complexity index is 1920. The van der Waals surface area contributed by atoms with Gasteiger partial charge in [-0.3, -0.25) is 0 Å². The average Bonchev–Trinajstić information content (AvgIpc) is 2.97. The van der Waals surface area contributed by atoms with Crippen LogP contribution in [0.15, 0.2) is 78.9 Å². The molecular formula is C36H30O4. The van der Waals surface area contributed by atoms with Crippen molar-refractivity contribution in [2.24, 2.45) is 0 Å². The van der Waals surface area contributed by atoms with Gasteiger partial charge in [0.05, 0.1) is 11.1 Å². The van der Waals surface area contributed by atoms with Crippen molar-refractivity contribution in [3.8, 4) is 11.5 Å². The molecule has 4 nitrogen and oxygen atoms in total. The van der Waals surface area contributed by atoms with Crippen molar-refractivity contribution >= 4 is 55.0 Å². The van der Waals surface area contributed by atoms with E-state index in [0.717, 1.165) is 34.4 Å². The van der Waals surface area contributed by atoms with Crippen molar-refractivity contribution in [2.75, 3.05) is 0 Å². The van der Waals surface area contributed by atoms with Crippen LogP contribution in [0, 0.1) is 0 Å². The van der Waals surface area contributed by atoms with E-state index in [1.54, 1.807) is 6.07 Å². The van der Waals surface area contributed by atoms with Crippen LogP contribution >= 0.6 is 0 Å². The number of fused-ring (bicyclic) bond motifs is 2. The Balaban J connectivity index is 1.53. The van der Waals surface area contributed by atoms with Crippen molar-refractivity contribution in [3.05, 3.63) is 95.6 Å². The van der Waals surface area contributed by atoms with Gasteiger partial charge in [-0.1, -0.05) is 93.6 Å². The zero-order valence-electron chi connectivity index (χ0n) is 22.6. The largest absolute Gasteiger partial charge is 0.457 e. The lowest BCUT2D eigenvalue weighted by Gasteiger charge is -2.23. The van der Waals surface area contributed by atoms with Crippen LogP contribution in [-0.2, 0) is 11.2 Å². The summed E-state index contributed by atoms with van der Waals surface area (Å²) in [6, 6.07) is 26.0. The second kappa shape index (κ2) is 9.95. The van der Waals surface area contributed by atoms with Crippen LogP contribution in [0.1, 0.15) is 71.7 Å². The van der Waals surface area contributed by atoms with E-state index in [9.17, 15) is 9.59 Å². The van der Waals surface area contributed by atoms with Crippen LogP contribution in [0.3, 0.4) is 0 Å². The molecule has 0 bridgehead atoms. The first-order chi connectivity index (χ1) is 19.7. The first kappa shape index (κ1) is 24.6. The smallest absolute Gasteiger partial charge is 0.346 e. The highest BCUT2D eigenvalue weighted by molar-refractivity contribution is 6.38. The number of aryl methyl sites for hydroxylation is 1. The van der Waals surface area contributed by atoms with Crippen molar-refractivity contribution in [2.45, 2.75) is 51.9 Å². The van der Waals surface area contributed by atoms with Crippen molar-refractivity contribution in [1.29, 1.82) is 0 Å². The average molecular weight is 527 g/mol. The summed E-state index contributed by atoms with van der Waals surface area (Å²) in [4.78, 5) is 25.9. The van der Waals surface area contributed by atoms with Gasteiger partial charge in [0.2, 0.25) is 0 Å².